The van der Waals surface area contributed by atoms with Gasteiger partial charge in [0.25, 0.3) is 0 Å². The molecule has 0 fully saturated rings. The number of thioether (sulfide) groups is 1. The van der Waals surface area contributed by atoms with Crippen LogP contribution in [0.4, 0.5) is 5.69 Å². The van der Waals surface area contributed by atoms with E-state index in [1.165, 1.54) is 11.8 Å². The number of hydrogen-bond donors (Lipinski definition) is 1. The Morgan fingerprint density at radius 3 is 2.47 bits per heavy atom. The first-order chi connectivity index (χ1) is 15.5. The number of benzene rings is 2. The average molecular weight is 475 g/mol. The molecule has 1 amide bonds. The van der Waals surface area contributed by atoms with Crippen LogP contribution in [0.2, 0.25) is 5.02 Å². The summed E-state index contributed by atoms with van der Waals surface area (Å²) in [7, 11) is 3.16. The van der Waals surface area contributed by atoms with Crippen molar-refractivity contribution in [3.8, 4) is 17.2 Å². The molecule has 0 spiro atoms. The number of methoxy groups -OCH3 is 2. The number of amides is 1. The first-order valence-corrected chi connectivity index (χ1v) is 11.0. The van der Waals surface area contributed by atoms with Gasteiger partial charge in [-0.05, 0) is 36.4 Å². The molecule has 0 aliphatic heterocycles. The Morgan fingerprint density at radius 2 is 1.81 bits per heavy atom. The lowest BCUT2D eigenvalue weighted by Gasteiger charge is -2.10. The maximum absolute atomic E-state index is 12.4. The summed E-state index contributed by atoms with van der Waals surface area (Å²) in [4.78, 5) is 12.4. The van der Waals surface area contributed by atoms with E-state index in [4.69, 9.17) is 25.8 Å². The van der Waals surface area contributed by atoms with Crippen molar-refractivity contribution in [2.45, 2.75) is 18.3 Å². The van der Waals surface area contributed by atoms with E-state index >= 15 is 0 Å². The summed E-state index contributed by atoms with van der Waals surface area (Å²) in [5.74, 6) is 2.60. The minimum atomic E-state index is -0.216. The Balaban J connectivity index is 1.60. The molecule has 1 aromatic heterocycles. The van der Waals surface area contributed by atoms with Crippen LogP contribution in [0.15, 0.2) is 60.3 Å². The van der Waals surface area contributed by atoms with E-state index in [2.05, 4.69) is 22.1 Å². The van der Waals surface area contributed by atoms with E-state index in [0.29, 0.717) is 39.7 Å². The van der Waals surface area contributed by atoms with Crippen LogP contribution in [0.3, 0.4) is 0 Å². The van der Waals surface area contributed by atoms with Gasteiger partial charge in [-0.2, -0.15) is 0 Å². The Morgan fingerprint density at radius 1 is 1.12 bits per heavy atom. The number of anilines is 1. The second kappa shape index (κ2) is 11.4. The number of ether oxygens (including phenoxy) is 3. The van der Waals surface area contributed by atoms with E-state index in [0.717, 1.165) is 5.75 Å². The average Bonchev–Trinajstić information content (AvgIpc) is 3.19. The summed E-state index contributed by atoms with van der Waals surface area (Å²) >= 11 is 7.45. The van der Waals surface area contributed by atoms with E-state index < -0.39 is 0 Å². The molecule has 1 heterocycles. The van der Waals surface area contributed by atoms with Gasteiger partial charge < -0.3 is 19.5 Å². The largest absolute Gasteiger partial charge is 0.497 e. The first kappa shape index (κ1) is 23.5. The van der Waals surface area contributed by atoms with Crippen molar-refractivity contribution in [2.75, 3.05) is 25.3 Å². The summed E-state index contributed by atoms with van der Waals surface area (Å²) < 4.78 is 17.9. The molecule has 10 heteroatoms. The van der Waals surface area contributed by atoms with Gasteiger partial charge in [0.2, 0.25) is 5.91 Å². The van der Waals surface area contributed by atoms with Gasteiger partial charge in [-0.1, -0.05) is 29.4 Å². The third-order valence-electron chi connectivity index (χ3n) is 4.32. The van der Waals surface area contributed by atoms with Crippen LogP contribution in [0, 0.1) is 0 Å². The summed E-state index contributed by atoms with van der Waals surface area (Å²) in [6, 6.07) is 12.3. The fraction of sp³-hybridized carbons (Fsp3) is 0.227. The van der Waals surface area contributed by atoms with E-state index in [1.54, 1.807) is 38.5 Å². The molecule has 0 aliphatic rings. The van der Waals surface area contributed by atoms with Crippen molar-refractivity contribution in [2.24, 2.45) is 0 Å². The van der Waals surface area contributed by atoms with Crippen molar-refractivity contribution < 1.29 is 19.0 Å². The molecule has 1 N–H and O–H groups in total. The highest BCUT2D eigenvalue weighted by Gasteiger charge is 2.15. The number of hydrogen-bond acceptors (Lipinski definition) is 7. The minimum absolute atomic E-state index is 0.136. The van der Waals surface area contributed by atoms with Crippen molar-refractivity contribution in [1.82, 2.24) is 14.8 Å². The number of aromatic nitrogens is 3. The van der Waals surface area contributed by atoms with E-state index in [9.17, 15) is 4.79 Å². The molecular weight excluding hydrogens is 452 g/mol. The number of carbonyl (C=O) groups excluding carboxylic acids is 1. The number of allylic oxidation sites excluding steroid dienone is 1. The quantitative estimate of drug-likeness (QED) is 0.324. The molecular formula is C22H23ClN4O4S. The van der Waals surface area contributed by atoms with Crippen molar-refractivity contribution in [1.29, 1.82) is 0 Å². The fourth-order valence-electron chi connectivity index (χ4n) is 2.71. The third kappa shape index (κ3) is 6.18. The second-order valence-corrected chi connectivity index (χ2v) is 7.79. The molecule has 0 unspecified atom stereocenters. The Kier molecular flexibility index (Phi) is 8.41. The van der Waals surface area contributed by atoms with Gasteiger partial charge in [-0.15, -0.1) is 16.8 Å². The molecule has 0 aliphatic carbocycles. The number of nitrogens with zero attached hydrogens (tertiary/aromatic N) is 3. The summed E-state index contributed by atoms with van der Waals surface area (Å²) in [5.41, 5.74) is 0.513. The Labute approximate surface area is 195 Å². The van der Waals surface area contributed by atoms with Gasteiger partial charge >= 0.3 is 0 Å². The summed E-state index contributed by atoms with van der Waals surface area (Å²) in [6.07, 6.45) is 1.74. The summed E-state index contributed by atoms with van der Waals surface area (Å²) in [5, 5.41) is 12.2. The van der Waals surface area contributed by atoms with Crippen molar-refractivity contribution in [3.63, 3.8) is 0 Å². The van der Waals surface area contributed by atoms with Crippen molar-refractivity contribution in [3.05, 3.63) is 66.0 Å². The monoisotopic (exact) mass is 474 g/mol. The smallest absolute Gasteiger partial charge is 0.234 e. The number of rotatable bonds is 11. The van der Waals surface area contributed by atoms with Crippen LogP contribution in [0.25, 0.3) is 0 Å². The molecule has 0 saturated heterocycles. The van der Waals surface area contributed by atoms with Gasteiger partial charge in [0, 0.05) is 12.6 Å². The van der Waals surface area contributed by atoms with Crippen LogP contribution in [0.5, 0.6) is 17.2 Å². The van der Waals surface area contributed by atoms with Gasteiger partial charge in [0.1, 0.15) is 23.9 Å². The molecule has 0 radical (unpaired) electrons. The second-order valence-electron chi connectivity index (χ2n) is 6.44. The highest BCUT2D eigenvalue weighted by Crippen LogP contribution is 2.27. The number of nitrogens with one attached hydrogen (secondary N) is 1. The van der Waals surface area contributed by atoms with E-state index in [1.807, 2.05) is 28.8 Å². The molecule has 3 aromatic rings. The van der Waals surface area contributed by atoms with Crippen LogP contribution >= 0.6 is 23.4 Å². The Hall–Kier alpha value is -3.17. The molecule has 3 rings (SSSR count). The zero-order chi connectivity index (χ0) is 22.9. The molecule has 0 saturated carbocycles. The molecule has 0 atom stereocenters. The summed E-state index contributed by atoms with van der Waals surface area (Å²) in [6.45, 7) is 4.50. The van der Waals surface area contributed by atoms with Crippen LogP contribution < -0.4 is 19.5 Å². The molecule has 8 nitrogen and oxygen atoms in total. The van der Waals surface area contributed by atoms with Gasteiger partial charge in [-0.3, -0.25) is 9.36 Å². The lowest BCUT2D eigenvalue weighted by molar-refractivity contribution is -0.113. The fourth-order valence-corrected chi connectivity index (χ4v) is 3.69. The molecule has 32 heavy (non-hydrogen) atoms. The normalized spacial score (nSPS) is 10.5. The van der Waals surface area contributed by atoms with Crippen LogP contribution in [0.1, 0.15) is 5.82 Å². The highest BCUT2D eigenvalue weighted by atomic mass is 35.5. The van der Waals surface area contributed by atoms with E-state index in [-0.39, 0.29) is 18.3 Å². The zero-order valence-electron chi connectivity index (χ0n) is 17.7. The van der Waals surface area contributed by atoms with Gasteiger partial charge in [-0.25, -0.2) is 0 Å². The maximum Gasteiger partial charge on any atom is 0.234 e. The van der Waals surface area contributed by atoms with Gasteiger partial charge in [0.05, 0.1) is 30.7 Å². The number of halogens is 1. The zero-order valence-corrected chi connectivity index (χ0v) is 19.3. The predicted molar refractivity (Wildman–Crippen MR) is 125 cm³/mol. The third-order valence-corrected chi connectivity index (χ3v) is 5.59. The number of carbonyl (C=O) groups is 1. The molecule has 0 bridgehead atoms. The SMILES string of the molecule is C=CCn1c(COc2ccc(OC)cc2)nnc1SCC(=O)Nc1ccc(OC)cc1Cl. The lowest BCUT2D eigenvalue weighted by Crippen LogP contribution is -2.15. The van der Waals surface area contributed by atoms with Gasteiger partial charge in [0.15, 0.2) is 11.0 Å². The lowest BCUT2D eigenvalue weighted by atomic mass is 10.3. The first-order valence-electron chi connectivity index (χ1n) is 9.60. The predicted octanol–water partition coefficient (Wildman–Crippen LogP) is 4.44. The molecule has 168 valence electrons. The standard InChI is InChI=1S/C22H23ClN4O4S/c1-4-11-27-20(13-31-16-7-5-15(29-2)6-8-16)25-26-22(27)32-14-21(28)24-19-10-9-17(30-3)12-18(19)23/h4-10,12H,1,11,13-14H2,2-3H3,(H,24,28). The topological polar surface area (TPSA) is 87.5 Å². The highest BCUT2D eigenvalue weighted by molar-refractivity contribution is 7.99. The van der Waals surface area contributed by atoms with Crippen LogP contribution in [-0.2, 0) is 17.9 Å². The maximum atomic E-state index is 12.4. The Bertz CT molecular complexity index is 1070. The minimum Gasteiger partial charge on any atom is -0.497 e. The van der Waals surface area contributed by atoms with Crippen LogP contribution in [-0.4, -0.2) is 40.6 Å². The molecule has 2 aromatic carbocycles. The van der Waals surface area contributed by atoms with Crippen molar-refractivity contribution >= 4 is 35.0 Å².